The van der Waals surface area contributed by atoms with Gasteiger partial charge in [0.1, 0.15) is 23.4 Å². The lowest BCUT2D eigenvalue weighted by Gasteiger charge is -2.30. The molecule has 0 aliphatic heterocycles. The molecular formula is C14H13BF4O4. The predicted octanol–water partition coefficient (Wildman–Crippen LogP) is 2.99. The van der Waals surface area contributed by atoms with E-state index in [2.05, 4.69) is 4.74 Å². The Morgan fingerprint density at radius 3 is 2.43 bits per heavy atom. The fourth-order valence-corrected chi connectivity index (χ4v) is 1.90. The summed E-state index contributed by atoms with van der Waals surface area (Å²) in [5.41, 5.74) is 0. The van der Waals surface area contributed by atoms with E-state index in [0.717, 1.165) is 18.2 Å². The molecule has 23 heavy (non-hydrogen) atoms. The first-order chi connectivity index (χ1) is 10.6. The summed E-state index contributed by atoms with van der Waals surface area (Å²) in [6.07, 6.45) is -3.01. The summed E-state index contributed by atoms with van der Waals surface area (Å²) in [6, 6.07) is 4.77. The second-order valence-corrected chi connectivity index (χ2v) is 5.17. The lowest BCUT2D eigenvalue weighted by Crippen LogP contribution is -2.37. The van der Waals surface area contributed by atoms with Gasteiger partial charge in [0, 0.05) is 6.07 Å². The van der Waals surface area contributed by atoms with Crippen LogP contribution in [-0.4, -0.2) is 29.7 Å². The maximum absolute atomic E-state index is 14.0. The molecule has 0 saturated heterocycles. The van der Waals surface area contributed by atoms with Crippen molar-refractivity contribution in [2.24, 2.45) is 0 Å². The van der Waals surface area contributed by atoms with E-state index >= 15 is 0 Å². The molecule has 0 spiro atoms. The molecule has 1 aromatic rings. The number of alkyl halides is 4. The maximum Gasteiger partial charge on any atom is 0.573 e. The molecule has 2 rings (SSSR count). The smallest absolute Gasteiger partial charge is 0.457 e. The Morgan fingerprint density at radius 1 is 1.22 bits per heavy atom. The molecule has 0 saturated carbocycles. The quantitative estimate of drug-likeness (QED) is 0.657. The van der Waals surface area contributed by atoms with Crippen molar-refractivity contribution >= 4 is 7.12 Å². The highest BCUT2D eigenvalue weighted by Crippen LogP contribution is 2.40. The van der Waals surface area contributed by atoms with E-state index < -0.39 is 30.7 Å². The average molecular weight is 332 g/mol. The Morgan fingerprint density at radius 2 is 1.87 bits per heavy atom. The molecule has 124 valence electrons. The van der Waals surface area contributed by atoms with Crippen molar-refractivity contribution < 1.29 is 37.1 Å². The highest BCUT2D eigenvalue weighted by Gasteiger charge is 2.44. The van der Waals surface area contributed by atoms with Crippen LogP contribution in [0.15, 0.2) is 48.3 Å². The van der Waals surface area contributed by atoms with Crippen LogP contribution in [0, 0.1) is 0 Å². The number of allylic oxidation sites excluding steroid dienone is 3. The highest BCUT2D eigenvalue weighted by molar-refractivity contribution is 6.46. The van der Waals surface area contributed by atoms with Crippen LogP contribution in [0.2, 0.25) is 5.31 Å². The Hall–Kier alpha value is -2.00. The van der Waals surface area contributed by atoms with Gasteiger partial charge < -0.3 is 19.5 Å². The predicted molar refractivity (Wildman–Crippen MR) is 74.4 cm³/mol. The van der Waals surface area contributed by atoms with E-state index in [1.165, 1.54) is 31.2 Å². The van der Waals surface area contributed by atoms with Crippen molar-refractivity contribution in [2.45, 2.75) is 24.8 Å². The minimum absolute atomic E-state index is 0.0167. The van der Waals surface area contributed by atoms with Crippen molar-refractivity contribution in [3.05, 3.63) is 48.3 Å². The van der Waals surface area contributed by atoms with E-state index in [9.17, 15) is 27.6 Å². The molecule has 0 aromatic heterocycles. The summed E-state index contributed by atoms with van der Waals surface area (Å²) in [7, 11) is -1.91. The van der Waals surface area contributed by atoms with Crippen LogP contribution in [0.5, 0.6) is 11.5 Å². The zero-order valence-corrected chi connectivity index (χ0v) is 11.9. The lowest BCUT2D eigenvalue weighted by molar-refractivity contribution is -0.274. The average Bonchev–Trinajstić information content (AvgIpc) is 2.41. The van der Waals surface area contributed by atoms with E-state index in [1.54, 1.807) is 0 Å². The topological polar surface area (TPSA) is 58.9 Å². The maximum atomic E-state index is 14.0. The second kappa shape index (κ2) is 6.25. The molecule has 2 unspecified atom stereocenters. The van der Waals surface area contributed by atoms with Gasteiger partial charge in [-0.3, -0.25) is 0 Å². The number of hydrogen-bond acceptors (Lipinski definition) is 4. The van der Waals surface area contributed by atoms with Gasteiger partial charge in [-0.1, -0.05) is 19.1 Å². The van der Waals surface area contributed by atoms with Gasteiger partial charge in [0.05, 0.1) is 5.31 Å². The first kappa shape index (κ1) is 17.4. The summed E-state index contributed by atoms with van der Waals surface area (Å²) < 4.78 is 59.6. The van der Waals surface area contributed by atoms with E-state index in [1.807, 2.05) is 0 Å². The zero-order valence-electron chi connectivity index (χ0n) is 11.9. The van der Waals surface area contributed by atoms with Crippen LogP contribution in [-0.2, 0) is 0 Å². The van der Waals surface area contributed by atoms with Crippen LogP contribution in [0.4, 0.5) is 17.6 Å². The third kappa shape index (κ3) is 4.26. The molecule has 0 fully saturated rings. The van der Waals surface area contributed by atoms with Crippen LogP contribution >= 0.6 is 0 Å². The minimum Gasteiger partial charge on any atom is -0.457 e. The molecule has 2 atom stereocenters. The molecular weight excluding hydrogens is 319 g/mol. The van der Waals surface area contributed by atoms with Gasteiger partial charge in [0.25, 0.3) is 0 Å². The van der Waals surface area contributed by atoms with Crippen molar-refractivity contribution in [1.29, 1.82) is 0 Å². The Labute approximate surface area is 129 Å². The molecule has 0 radical (unpaired) electrons. The molecule has 0 bridgehead atoms. The Kier molecular flexibility index (Phi) is 4.72. The molecule has 4 nitrogen and oxygen atoms in total. The minimum atomic E-state index is -4.83. The lowest BCUT2D eigenvalue weighted by atomic mass is 9.55. The van der Waals surface area contributed by atoms with Crippen LogP contribution in [0.1, 0.15) is 6.92 Å². The Bertz CT molecular complexity index is 629. The molecule has 1 aliphatic rings. The number of rotatable bonds is 4. The van der Waals surface area contributed by atoms with Crippen molar-refractivity contribution in [1.82, 2.24) is 0 Å². The first-order valence-corrected chi connectivity index (χ1v) is 6.55. The highest BCUT2D eigenvalue weighted by atomic mass is 19.4. The summed E-state index contributed by atoms with van der Waals surface area (Å²) >= 11 is 0. The summed E-state index contributed by atoms with van der Waals surface area (Å²) in [5.74, 6) is -0.425. The molecule has 1 aliphatic carbocycles. The monoisotopic (exact) mass is 332 g/mol. The summed E-state index contributed by atoms with van der Waals surface area (Å²) in [4.78, 5) is 0. The number of benzene rings is 1. The van der Waals surface area contributed by atoms with Crippen molar-refractivity contribution in [2.75, 3.05) is 0 Å². The third-order valence-electron chi connectivity index (χ3n) is 3.34. The van der Waals surface area contributed by atoms with Gasteiger partial charge in [-0.15, -0.1) is 13.2 Å². The zero-order chi connectivity index (χ0) is 17.3. The molecule has 0 amide bonds. The summed E-state index contributed by atoms with van der Waals surface area (Å²) in [5, 5.41) is 16.9. The van der Waals surface area contributed by atoms with Crippen LogP contribution in [0.3, 0.4) is 0 Å². The van der Waals surface area contributed by atoms with Gasteiger partial charge in [-0.25, -0.2) is 4.39 Å². The van der Waals surface area contributed by atoms with Crippen LogP contribution in [0.25, 0.3) is 0 Å². The normalized spacial score (nSPS) is 24.1. The van der Waals surface area contributed by atoms with Crippen molar-refractivity contribution in [3.8, 4) is 11.5 Å². The van der Waals surface area contributed by atoms with Gasteiger partial charge in [0.2, 0.25) is 0 Å². The molecule has 9 heteroatoms. The van der Waals surface area contributed by atoms with E-state index in [0.29, 0.717) is 0 Å². The molecule has 1 aromatic carbocycles. The number of halogens is 4. The molecule has 2 N–H and O–H groups in total. The first-order valence-electron chi connectivity index (χ1n) is 6.55. The fraction of sp³-hybridized carbons (Fsp3) is 0.286. The molecule has 0 heterocycles. The number of hydrogen-bond donors (Lipinski definition) is 2. The van der Waals surface area contributed by atoms with Gasteiger partial charge in [-0.2, -0.15) is 0 Å². The standard InChI is InChI=1S/C14H13BF4O4/c1-13(15(20)21)6-5-10(8-12(13)16)22-9-3-2-4-11(7-9)23-14(17,18)19/h2-8,12,20-21H,1H3. The second-order valence-electron chi connectivity index (χ2n) is 5.17. The fourth-order valence-electron chi connectivity index (χ4n) is 1.90. The summed E-state index contributed by atoms with van der Waals surface area (Å²) in [6.45, 7) is 1.31. The van der Waals surface area contributed by atoms with Crippen molar-refractivity contribution in [3.63, 3.8) is 0 Å². The van der Waals surface area contributed by atoms with Crippen LogP contribution < -0.4 is 9.47 Å². The SMILES string of the molecule is CC1(B(O)O)C=CC(Oc2cccc(OC(F)(F)F)c2)=CC1F. The van der Waals surface area contributed by atoms with Gasteiger partial charge >= 0.3 is 13.5 Å². The van der Waals surface area contributed by atoms with E-state index in [-0.39, 0.29) is 11.5 Å². The van der Waals surface area contributed by atoms with E-state index in [4.69, 9.17) is 4.74 Å². The number of ether oxygens (including phenoxy) is 2. The van der Waals surface area contributed by atoms with Gasteiger partial charge in [0.15, 0.2) is 0 Å². The third-order valence-corrected chi connectivity index (χ3v) is 3.34. The Balaban J connectivity index is 2.12. The van der Waals surface area contributed by atoms with Gasteiger partial charge in [-0.05, 0) is 24.3 Å². The largest absolute Gasteiger partial charge is 0.573 e.